The Morgan fingerprint density at radius 3 is 2.42 bits per heavy atom. The smallest absolute Gasteiger partial charge is 0.250 e. The molecule has 1 heterocycles. The van der Waals surface area contributed by atoms with Crippen molar-refractivity contribution < 1.29 is 14.3 Å². The van der Waals surface area contributed by atoms with Crippen molar-refractivity contribution in [2.75, 3.05) is 25.5 Å². The highest BCUT2D eigenvalue weighted by Crippen LogP contribution is 2.30. The van der Waals surface area contributed by atoms with Crippen LogP contribution in [0.1, 0.15) is 37.0 Å². The van der Waals surface area contributed by atoms with Crippen LogP contribution in [-0.4, -0.2) is 43.0 Å². The number of hydrogen-bond acceptors (Lipinski definition) is 4. The summed E-state index contributed by atoms with van der Waals surface area (Å²) >= 11 is 0. The van der Waals surface area contributed by atoms with Gasteiger partial charge in [-0.05, 0) is 51.9 Å². The first-order valence-electron chi connectivity index (χ1n) is 7.95. The number of amides is 2. The maximum absolute atomic E-state index is 12.5. The van der Waals surface area contributed by atoms with Crippen molar-refractivity contribution >= 4 is 29.9 Å². The van der Waals surface area contributed by atoms with Crippen molar-refractivity contribution in [2.24, 2.45) is 11.7 Å². The number of hydrogen-bond donors (Lipinski definition) is 2. The Morgan fingerprint density at radius 1 is 1.29 bits per heavy atom. The number of para-hydroxylation sites is 1. The van der Waals surface area contributed by atoms with Crippen molar-refractivity contribution in [1.82, 2.24) is 4.90 Å². The van der Waals surface area contributed by atoms with Crippen LogP contribution in [0.2, 0.25) is 0 Å². The molecule has 1 aliphatic heterocycles. The fourth-order valence-electron chi connectivity index (χ4n) is 2.94. The van der Waals surface area contributed by atoms with Gasteiger partial charge < -0.3 is 20.7 Å². The number of carbonyl (C=O) groups excluding carboxylic acids is 2. The van der Waals surface area contributed by atoms with Gasteiger partial charge in [0.1, 0.15) is 5.75 Å². The summed E-state index contributed by atoms with van der Waals surface area (Å²) in [5, 5.41) is 2.84. The molecule has 0 unspecified atom stereocenters. The van der Waals surface area contributed by atoms with E-state index in [1.807, 2.05) is 0 Å². The van der Waals surface area contributed by atoms with Gasteiger partial charge in [0.15, 0.2) is 0 Å². The van der Waals surface area contributed by atoms with Crippen molar-refractivity contribution in [3.8, 4) is 5.75 Å². The van der Waals surface area contributed by atoms with E-state index < -0.39 is 5.91 Å². The Kier molecular flexibility index (Phi) is 7.51. The van der Waals surface area contributed by atoms with E-state index in [2.05, 4.69) is 24.1 Å². The van der Waals surface area contributed by atoms with Crippen LogP contribution in [0.3, 0.4) is 0 Å². The number of methoxy groups -OCH3 is 1. The van der Waals surface area contributed by atoms with Gasteiger partial charge in [-0.1, -0.05) is 6.07 Å². The summed E-state index contributed by atoms with van der Waals surface area (Å²) in [6.45, 7) is 6.14. The minimum absolute atomic E-state index is 0. The molecule has 2 amide bonds. The second-order valence-corrected chi connectivity index (χ2v) is 6.14. The lowest BCUT2D eigenvalue weighted by Gasteiger charge is -2.34. The standard InChI is InChI=1S/C17H25N3O3.ClH/c1-11(2)20-9-7-12(8-10-20)17(22)19-15-13(16(18)21)5-4-6-14(15)23-3;/h4-6,11-12H,7-10H2,1-3H3,(H2,18,21)(H,19,22);1H. The minimum atomic E-state index is -0.589. The van der Waals surface area contributed by atoms with Gasteiger partial charge in [0.2, 0.25) is 5.91 Å². The largest absolute Gasteiger partial charge is 0.495 e. The summed E-state index contributed by atoms with van der Waals surface area (Å²) in [7, 11) is 1.50. The lowest BCUT2D eigenvalue weighted by atomic mass is 9.95. The zero-order valence-electron chi connectivity index (χ0n) is 14.4. The third kappa shape index (κ3) is 4.61. The monoisotopic (exact) mass is 355 g/mol. The zero-order chi connectivity index (χ0) is 17.0. The van der Waals surface area contributed by atoms with E-state index in [1.54, 1.807) is 18.2 Å². The summed E-state index contributed by atoms with van der Waals surface area (Å²) in [6.07, 6.45) is 1.62. The number of nitrogens with two attached hydrogens (primary N) is 1. The molecule has 0 saturated carbocycles. The number of nitrogens with zero attached hydrogens (tertiary/aromatic N) is 1. The van der Waals surface area contributed by atoms with Gasteiger partial charge in [0, 0.05) is 12.0 Å². The summed E-state index contributed by atoms with van der Waals surface area (Å²) < 4.78 is 5.24. The average molecular weight is 356 g/mol. The van der Waals surface area contributed by atoms with Crippen molar-refractivity contribution in [3.05, 3.63) is 23.8 Å². The number of halogens is 1. The molecule has 1 aromatic carbocycles. The Balaban J connectivity index is 0.00000288. The number of nitrogens with one attached hydrogen (secondary N) is 1. The first-order valence-corrected chi connectivity index (χ1v) is 7.95. The molecule has 0 bridgehead atoms. The van der Waals surface area contributed by atoms with Gasteiger partial charge in [-0.15, -0.1) is 12.4 Å². The van der Waals surface area contributed by atoms with Gasteiger partial charge >= 0.3 is 0 Å². The maximum Gasteiger partial charge on any atom is 0.250 e. The van der Waals surface area contributed by atoms with Gasteiger partial charge in [-0.3, -0.25) is 9.59 Å². The molecule has 7 heteroatoms. The van der Waals surface area contributed by atoms with E-state index in [-0.39, 0.29) is 29.8 Å². The molecule has 0 spiro atoms. The molecule has 6 nitrogen and oxygen atoms in total. The molecule has 2 rings (SSSR count). The summed E-state index contributed by atoms with van der Waals surface area (Å²) in [5.41, 5.74) is 6.01. The van der Waals surface area contributed by atoms with Gasteiger partial charge in [-0.2, -0.15) is 0 Å². The predicted molar refractivity (Wildman–Crippen MR) is 96.8 cm³/mol. The van der Waals surface area contributed by atoms with E-state index in [4.69, 9.17) is 10.5 Å². The van der Waals surface area contributed by atoms with E-state index in [0.717, 1.165) is 25.9 Å². The SMILES string of the molecule is COc1cccc(C(N)=O)c1NC(=O)C1CCN(C(C)C)CC1.Cl. The fraction of sp³-hybridized carbons (Fsp3) is 0.529. The van der Waals surface area contributed by atoms with Crippen molar-refractivity contribution in [2.45, 2.75) is 32.7 Å². The van der Waals surface area contributed by atoms with Crippen LogP contribution in [0.5, 0.6) is 5.75 Å². The highest BCUT2D eigenvalue weighted by atomic mass is 35.5. The molecule has 0 aromatic heterocycles. The summed E-state index contributed by atoms with van der Waals surface area (Å²) in [6, 6.07) is 5.45. The molecule has 0 radical (unpaired) electrons. The molecular formula is C17H26ClN3O3. The topological polar surface area (TPSA) is 84.7 Å². The number of carbonyl (C=O) groups is 2. The molecule has 1 fully saturated rings. The Morgan fingerprint density at radius 2 is 1.92 bits per heavy atom. The Bertz CT molecular complexity index is 584. The van der Waals surface area contributed by atoms with Crippen LogP contribution in [0, 0.1) is 5.92 Å². The quantitative estimate of drug-likeness (QED) is 0.848. The first kappa shape index (κ1) is 20.3. The fourth-order valence-corrected chi connectivity index (χ4v) is 2.94. The molecule has 1 saturated heterocycles. The molecule has 134 valence electrons. The van der Waals surface area contributed by atoms with E-state index >= 15 is 0 Å². The normalized spacial score (nSPS) is 15.7. The molecule has 3 N–H and O–H groups in total. The predicted octanol–water partition coefficient (Wildman–Crippen LogP) is 2.27. The molecule has 24 heavy (non-hydrogen) atoms. The van der Waals surface area contributed by atoms with Gasteiger partial charge in [0.05, 0.1) is 18.4 Å². The van der Waals surface area contributed by atoms with E-state index in [9.17, 15) is 9.59 Å². The van der Waals surface area contributed by atoms with Crippen LogP contribution in [-0.2, 0) is 4.79 Å². The third-order valence-corrected chi connectivity index (χ3v) is 4.39. The average Bonchev–Trinajstić information content (AvgIpc) is 2.54. The first-order chi connectivity index (χ1) is 10.9. The number of benzene rings is 1. The van der Waals surface area contributed by atoms with Crippen molar-refractivity contribution in [1.29, 1.82) is 0 Å². The Labute approximate surface area is 149 Å². The molecule has 0 aliphatic carbocycles. The van der Waals surface area contributed by atoms with Crippen LogP contribution in [0.4, 0.5) is 5.69 Å². The van der Waals surface area contributed by atoms with E-state index in [1.165, 1.54) is 7.11 Å². The molecule has 1 aliphatic rings. The number of primary amides is 1. The molecule has 1 aromatic rings. The minimum Gasteiger partial charge on any atom is -0.495 e. The number of likely N-dealkylation sites (tertiary alicyclic amines) is 1. The lowest BCUT2D eigenvalue weighted by Crippen LogP contribution is -2.41. The number of ether oxygens (including phenoxy) is 1. The third-order valence-electron chi connectivity index (χ3n) is 4.39. The molecular weight excluding hydrogens is 330 g/mol. The highest BCUT2D eigenvalue weighted by molar-refractivity contribution is 6.05. The number of piperidine rings is 1. The van der Waals surface area contributed by atoms with Crippen LogP contribution in [0.25, 0.3) is 0 Å². The second-order valence-electron chi connectivity index (χ2n) is 6.14. The summed E-state index contributed by atoms with van der Waals surface area (Å²) in [5.74, 6) is -0.292. The highest BCUT2D eigenvalue weighted by Gasteiger charge is 2.27. The number of anilines is 1. The van der Waals surface area contributed by atoms with Crippen molar-refractivity contribution in [3.63, 3.8) is 0 Å². The van der Waals surface area contributed by atoms with Crippen LogP contribution >= 0.6 is 12.4 Å². The zero-order valence-corrected chi connectivity index (χ0v) is 15.2. The van der Waals surface area contributed by atoms with Crippen LogP contribution < -0.4 is 15.8 Å². The maximum atomic E-state index is 12.5. The summed E-state index contributed by atoms with van der Waals surface area (Å²) in [4.78, 5) is 26.5. The second kappa shape index (κ2) is 8.89. The van der Waals surface area contributed by atoms with Crippen LogP contribution in [0.15, 0.2) is 18.2 Å². The van der Waals surface area contributed by atoms with Gasteiger partial charge in [0.25, 0.3) is 5.91 Å². The van der Waals surface area contributed by atoms with Gasteiger partial charge in [-0.25, -0.2) is 0 Å². The lowest BCUT2D eigenvalue weighted by molar-refractivity contribution is -0.121. The van der Waals surface area contributed by atoms with E-state index in [0.29, 0.717) is 17.5 Å². The molecule has 0 atom stereocenters. The number of rotatable bonds is 5. The Hall–Kier alpha value is -1.79.